The number of hydrogen-bond donors (Lipinski definition) is 2. The van der Waals surface area contributed by atoms with Crippen LogP contribution in [0.25, 0.3) is 10.6 Å². The van der Waals surface area contributed by atoms with Crippen LogP contribution in [-0.2, 0) is 16.1 Å². The molecule has 1 aromatic carbocycles. The molecule has 0 spiro atoms. The first-order valence-corrected chi connectivity index (χ1v) is 7.48. The van der Waals surface area contributed by atoms with Gasteiger partial charge in [0.15, 0.2) is 5.69 Å². The first-order valence-electron chi connectivity index (χ1n) is 6.60. The smallest absolute Gasteiger partial charge is 0.355 e. The second-order valence-electron chi connectivity index (χ2n) is 4.64. The van der Waals surface area contributed by atoms with E-state index in [1.807, 2.05) is 24.3 Å². The molecule has 2 N–H and O–H groups in total. The lowest BCUT2D eigenvalue weighted by atomic mass is 10.1. The van der Waals surface area contributed by atoms with Crippen molar-refractivity contribution >= 4 is 23.2 Å². The van der Waals surface area contributed by atoms with Crippen LogP contribution in [-0.4, -0.2) is 35.2 Å². The van der Waals surface area contributed by atoms with Gasteiger partial charge < -0.3 is 15.2 Å². The lowest BCUT2D eigenvalue weighted by molar-refractivity contribution is -0.130. The SMILES string of the molecule is COC(C)C(=O)NCc1cccc(-c2nc(C(=O)O)cs2)c1. The second-order valence-corrected chi connectivity index (χ2v) is 5.50. The summed E-state index contributed by atoms with van der Waals surface area (Å²) in [4.78, 5) is 26.6. The summed E-state index contributed by atoms with van der Waals surface area (Å²) in [5.41, 5.74) is 1.76. The number of thiazole rings is 1. The molecule has 0 fully saturated rings. The maximum atomic E-state index is 11.7. The summed E-state index contributed by atoms with van der Waals surface area (Å²) in [6.45, 7) is 2.05. The number of carboxylic acid groups (broad SMARTS) is 1. The van der Waals surface area contributed by atoms with Crippen LogP contribution in [0, 0.1) is 0 Å². The molecule has 1 unspecified atom stereocenters. The predicted octanol–water partition coefficient (Wildman–Crippen LogP) is 2.16. The minimum Gasteiger partial charge on any atom is -0.476 e. The lowest BCUT2D eigenvalue weighted by Crippen LogP contribution is -2.33. The first-order chi connectivity index (χ1) is 10.5. The molecule has 6 nitrogen and oxygen atoms in total. The number of aromatic nitrogens is 1. The number of rotatable bonds is 6. The van der Waals surface area contributed by atoms with Crippen molar-refractivity contribution in [2.24, 2.45) is 0 Å². The fraction of sp³-hybridized carbons (Fsp3) is 0.267. The van der Waals surface area contributed by atoms with Gasteiger partial charge in [-0.05, 0) is 18.6 Å². The molecule has 0 aliphatic rings. The maximum Gasteiger partial charge on any atom is 0.355 e. The van der Waals surface area contributed by atoms with E-state index in [0.29, 0.717) is 11.6 Å². The highest BCUT2D eigenvalue weighted by Gasteiger charge is 2.12. The number of amides is 1. The van der Waals surface area contributed by atoms with E-state index in [2.05, 4.69) is 10.3 Å². The molecular formula is C15H16N2O4S. The van der Waals surface area contributed by atoms with E-state index < -0.39 is 12.1 Å². The van der Waals surface area contributed by atoms with Crippen molar-refractivity contribution in [3.63, 3.8) is 0 Å². The monoisotopic (exact) mass is 320 g/mol. The third-order valence-electron chi connectivity index (χ3n) is 3.09. The van der Waals surface area contributed by atoms with Crippen LogP contribution in [0.3, 0.4) is 0 Å². The molecule has 0 radical (unpaired) electrons. The molecule has 0 saturated carbocycles. The number of nitrogens with zero attached hydrogens (tertiary/aromatic N) is 1. The Balaban J connectivity index is 2.09. The molecule has 1 aromatic heterocycles. The van der Waals surface area contributed by atoms with Gasteiger partial charge >= 0.3 is 5.97 Å². The largest absolute Gasteiger partial charge is 0.476 e. The van der Waals surface area contributed by atoms with Crippen LogP contribution in [0.5, 0.6) is 0 Å². The molecule has 2 rings (SSSR count). The van der Waals surface area contributed by atoms with Crippen LogP contribution >= 0.6 is 11.3 Å². The van der Waals surface area contributed by atoms with Crippen molar-refractivity contribution in [3.8, 4) is 10.6 Å². The number of methoxy groups -OCH3 is 1. The van der Waals surface area contributed by atoms with Crippen LogP contribution in [0.15, 0.2) is 29.6 Å². The topological polar surface area (TPSA) is 88.5 Å². The van der Waals surface area contributed by atoms with E-state index in [0.717, 1.165) is 11.1 Å². The van der Waals surface area contributed by atoms with Gasteiger partial charge in [-0.2, -0.15) is 0 Å². The van der Waals surface area contributed by atoms with Crippen molar-refractivity contribution in [2.75, 3.05) is 7.11 Å². The van der Waals surface area contributed by atoms with E-state index in [1.165, 1.54) is 23.8 Å². The number of nitrogens with one attached hydrogen (secondary N) is 1. The Hall–Kier alpha value is -2.25. The molecule has 22 heavy (non-hydrogen) atoms. The summed E-state index contributed by atoms with van der Waals surface area (Å²) in [6.07, 6.45) is -0.500. The minimum absolute atomic E-state index is 0.0348. The predicted molar refractivity (Wildman–Crippen MR) is 82.8 cm³/mol. The normalized spacial score (nSPS) is 11.9. The molecule has 0 bridgehead atoms. The van der Waals surface area contributed by atoms with Gasteiger partial charge in [0, 0.05) is 24.6 Å². The summed E-state index contributed by atoms with van der Waals surface area (Å²) in [6, 6.07) is 7.46. The average Bonchev–Trinajstić information content (AvgIpc) is 3.02. The van der Waals surface area contributed by atoms with Crippen molar-refractivity contribution in [1.82, 2.24) is 10.3 Å². The van der Waals surface area contributed by atoms with Gasteiger partial charge in [0.1, 0.15) is 11.1 Å². The van der Waals surface area contributed by atoms with Gasteiger partial charge in [-0.15, -0.1) is 11.3 Å². The zero-order valence-electron chi connectivity index (χ0n) is 12.2. The quantitative estimate of drug-likeness (QED) is 0.851. The fourth-order valence-electron chi connectivity index (χ4n) is 1.76. The maximum absolute atomic E-state index is 11.7. The van der Waals surface area contributed by atoms with Crippen molar-refractivity contribution < 1.29 is 19.4 Å². The molecule has 0 saturated heterocycles. The van der Waals surface area contributed by atoms with Gasteiger partial charge in [0.05, 0.1) is 0 Å². The van der Waals surface area contributed by atoms with Gasteiger partial charge in [-0.3, -0.25) is 4.79 Å². The zero-order valence-corrected chi connectivity index (χ0v) is 13.0. The zero-order chi connectivity index (χ0) is 16.1. The Morgan fingerprint density at radius 1 is 1.45 bits per heavy atom. The number of carbonyl (C=O) groups is 2. The Morgan fingerprint density at radius 3 is 2.86 bits per heavy atom. The summed E-state index contributed by atoms with van der Waals surface area (Å²) in [7, 11) is 1.48. The van der Waals surface area contributed by atoms with E-state index in [9.17, 15) is 9.59 Å². The van der Waals surface area contributed by atoms with Gasteiger partial charge in [0.2, 0.25) is 5.91 Å². The first kappa shape index (κ1) is 16.1. The van der Waals surface area contributed by atoms with Crippen molar-refractivity contribution in [1.29, 1.82) is 0 Å². The summed E-state index contributed by atoms with van der Waals surface area (Å²) in [5.74, 6) is -1.23. The van der Waals surface area contributed by atoms with Gasteiger partial charge in [-0.25, -0.2) is 9.78 Å². The number of hydrogen-bond acceptors (Lipinski definition) is 5. The summed E-state index contributed by atoms with van der Waals surface area (Å²) >= 11 is 1.27. The average molecular weight is 320 g/mol. The molecule has 2 aromatic rings. The molecule has 1 amide bonds. The Bertz CT molecular complexity index is 684. The molecule has 116 valence electrons. The molecule has 1 atom stereocenters. The van der Waals surface area contributed by atoms with E-state index in [1.54, 1.807) is 6.92 Å². The number of ether oxygens (including phenoxy) is 1. The van der Waals surface area contributed by atoms with Crippen molar-refractivity contribution in [3.05, 3.63) is 40.9 Å². The highest BCUT2D eigenvalue weighted by molar-refractivity contribution is 7.13. The molecule has 0 aliphatic carbocycles. The van der Waals surface area contributed by atoms with E-state index in [4.69, 9.17) is 9.84 Å². The van der Waals surface area contributed by atoms with Crippen LogP contribution in [0.1, 0.15) is 23.0 Å². The summed E-state index contributed by atoms with van der Waals surface area (Å²) < 4.78 is 4.94. The second kappa shape index (κ2) is 7.15. The summed E-state index contributed by atoms with van der Waals surface area (Å²) in [5, 5.41) is 13.8. The number of carboxylic acids is 1. The lowest BCUT2D eigenvalue weighted by Gasteiger charge is -2.10. The van der Waals surface area contributed by atoms with E-state index in [-0.39, 0.29) is 11.6 Å². The Kier molecular flexibility index (Phi) is 5.24. The van der Waals surface area contributed by atoms with Crippen molar-refractivity contribution in [2.45, 2.75) is 19.6 Å². The number of carbonyl (C=O) groups excluding carboxylic acids is 1. The Labute approximate surface area is 131 Å². The molecule has 1 heterocycles. The van der Waals surface area contributed by atoms with Crippen LogP contribution in [0.2, 0.25) is 0 Å². The van der Waals surface area contributed by atoms with Crippen LogP contribution < -0.4 is 5.32 Å². The highest BCUT2D eigenvalue weighted by Crippen LogP contribution is 2.24. The van der Waals surface area contributed by atoms with Gasteiger partial charge in [-0.1, -0.05) is 18.2 Å². The number of aromatic carboxylic acids is 1. The molecule has 7 heteroatoms. The molecule has 0 aliphatic heterocycles. The highest BCUT2D eigenvalue weighted by atomic mass is 32.1. The number of benzene rings is 1. The third-order valence-corrected chi connectivity index (χ3v) is 3.98. The Morgan fingerprint density at radius 2 is 2.23 bits per heavy atom. The minimum atomic E-state index is -1.04. The standard InChI is InChI=1S/C15H16N2O4S/c1-9(21-2)13(18)16-7-10-4-3-5-11(6-10)14-17-12(8-22-14)15(19)20/h3-6,8-9H,7H2,1-2H3,(H,16,18)(H,19,20). The molecular weight excluding hydrogens is 304 g/mol. The van der Waals surface area contributed by atoms with E-state index >= 15 is 0 Å². The van der Waals surface area contributed by atoms with Gasteiger partial charge in [0.25, 0.3) is 0 Å². The van der Waals surface area contributed by atoms with Crippen LogP contribution in [0.4, 0.5) is 0 Å². The fourth-order valence-corrected chi connectivity index (χ4v) is 2.55. The third kappa shape index (κ3) is 3.90.